The van der Waals surface area contributed by atoms with Gasteiger partial charge in [-0.2, -0.15) is 0 Å². The standard InChI is InChI=1S/C26H39N5O3/c1-16(2)27-20-12-18(14-31(26(20)32)21-10-11-23(21)34-6)22-13-19(33-5)15-30(22)25-9-7-8-24(29-25)28-17(3)4/h7-9,12,14,16-17,19,21-23,27H,10-11,13,15H2,1-6H3,(H,28,29)/t19-,21-,22?,23-/m1/s1. The molecule has 2 aliphatic rings. The average Bonchev–Trinajstić information content (AvgIpc) is 3.20. The molecule has 4 atom stereocenters. The van der Waals surface area contributed by atoms with Crippen molar-refractivity contribution in [2.24, 2.45) is 0 Å². The zero-order valence-corrected chi connectivity index (χ0v) is 21.2. The van der Waals surface area contributed by atoms with Crippen LogP contribution < -0.4 is 21.1 Å². The second kappa shape index (κ2) is 10.4. The van der Waals surface area contributed by atoms with Gasteiger partial charge in [-0.25, -0.2) is 4.98 Å². The molecule has 8 nitrogen and oxygen atoms in total. The van der Waals surface area contributed by atoms with Crippen LogP contribution in [0.5, 0.6) is 0 Å². The van der Waals surface area contributed by atoms with Crippen molar-refractivity contribution in [3.8, 4) is 0 Å². The van der Waals surface area contributed by atoms with E-state index >= 15 is 0 Å². The number of aromatic nitrogens is 2. The van der Waals surface area contributed by atoms with Gasteiger partial charge >= 0.3 is 0 Å². The Balaban J connectivity index is 1.75. The van der Waals surface area contributed by atoms with E-state index in [1.54, 1.807) is 14.2 Å². The first-order valence-corrected chi connectivity index (χ1v) is 12.4. The molecule has 0 bridgehead atoms. The Morgan fingerprint density at radius 3 is 2.44 bits per heavy atom. The smallest absolute Gasteiger partial charge is 0.274 e. The zero-order valence-electron chi connectivity index (χ0n) is 21.2. The minimum atomic E-state index is 0.0123. The summed E-state index contributed by atoms with van der Waals surface area (Å²) in [7, 11) is 3.49. The fraction of sp³-hybridized carbons (Fsp3) is 0.615. The molecule has 34 heavy (non-hydrogen) atoms. The summed E-state index contributed by atoms with van der Waals surface area (Å²) in [6, 6.07) is 8.67. The Morgan fingerprint density at radius 2 is 1.82 bits per heavy atom. The summed E-state index contributed by atoms with van der Waals surface area (Å²) in [6.07, 6.45) is 4.96. The van der Waals surface area contributed by atoms with E-state index in [0.29, 0.717) is 11.7 Å². The van der Waals surface area contributed by atoms with Crippen molar-refractivity contribution in [3.05, 3.63) is 46.4 Å². The molecule has 0 aromatic carbocycles. The number of methoxy groups -OCH3 is 2. The molecular formula is C26H39N5O3. The summed E-state index contributed by atoms with van der Waals surface area (Å²) in [5.41, 5.74) is 1.74. The average molecular weight is 470 g/mol. The molecule has 186 valence electrons. The Hall–Kier alpha value is -2.58. The third-order valence-corrected chi connectivity index (χ3v) is 6.79. The summed E-state index contributed by atoms with van der Waals surface area (Å²) in [5, 5.41) is 6.77. The molecule has 2 fully saturated rings. The van der Waals surface area contributed by atoms with E-state index in [1.807, 2.05) is 35.0 Å². The fourth-order valence-corrected chi connectivity index (χ4v) is 5.01. The maximum Gasteiger partial charge on any atom is 0.274 e. The number of nitrogens with one attached hydrogen (secondary N) is 2. The van der Waals surface area contributed by atoms with Crippen molar-refractivity contribution in [2.45, 2.75) is 83.3 Å². The van der Waals surface area contributed by atoms with Gasteiger partial charge in [0.05, 0.1) is 24.3 Å². The van der Waals surface area contributed by atoms with Gasteiger partial charge in [-0.1, -0.05) is 6.07 Å². The van der Waals surface area contributed by atoms with Gasteiger partial charge in [0.15, 0.2) is 0 Å². The van der Waals surface area contributed by atoms with Gasteiger partial charge in [0.25, 0.3) is 5.56 Å². The predicted molar refractivity (Wildman–Crippen MR) is 137 cm³/mol. The van der Waals surface area contributed by atoms with Crippen LogP contribution in [0.3, 0.4) is 0 Å². The van der Waals surface area contributed by atoms with Crippen LogP contribution >= 0.6 is 0 Å². The Morgan fingerprint density at radius 1 is 1.06 bits per heavy atom. The highest BCUT2D eigenvalue weighted by molar-refractivity contribution is 5.52. The number of hydrogen-bond acceptors (Lipinski definition) is 7. The topological polar surface area (TPSA) is 80.6 Å². The summed E-state index contributed by atoms with van der Waals surface area (Å²) in [6.45, 7) is 9.06. The zero-order chi connectivity index (χ0) is 24.4. The molecule has 0 amide bonds. The van der Waals surface area contributed by atoms with Gasteiger partial charge in [-0.15, -0.1) is 0 Å². The minimum absolute atomic E-state index is 0.0123. The van der Waals surface area contributed by atoms with Crippen molar-refractivity contribution < 1.29 is 9.47 Å². The van der Waals surface area contributed by atoms with Crippen molar-refractivity contribution in [1.82, 2.24) is 9.55 Å². The van der Waals surface area contributed by atoms with Gasteiger partial charge in [-0.3, -0.25) is 4.79 Å². The van der Waals surface area contributed by atoms with Crippen LogP contribution in [-0.4, -0.2) is 54.6 Å². The van der Waals surface area contributed by atoms with Gasteiger partial charge < -0.3 is 29.6 Å². The Kier molecular flexibility index (Phi) is 7.48. The number of anilines is 3. The highest BCUT2D eigenvalue weighted by Gasteiger charge is 2.37. The van der Waals surface area contributed by atoms with Crippen LogP contribution in [0.25, 0.3) is 0 Å². The summed E-state index contributed by atoms with van der Waals surface area (Å²) in [4.78, 5) is 20.6. The molecule has 4 rings (SSSR count). The lowest BCUT2D eigenvalue weighted by molar-refractivity contribution is -0.0104. The third kappa shape index (κ3) is 5.08. The van der Waals surface area contributed by atoms with Gasteiger partial charge in [0.2, 0.25) is 0 Å². The van der Waals surface area contributed by atoms with Crippen LogP contribution in [0.2, 0.25) is 0 Å². The lowest BCUT2D eigenvalue weighted by atomic mass is 9.88. The fourth-order valence-electron chi connectivity index (χ4n) is 5.01. The van der Waals surface area contributed by atoms with Gasteiger partial charge in [0, 0.05) is 39.0 Å². The van der Waals surface area contributed by atoms with Crippen molar-refractivity contribution in [2.75, 3.05) is 36.3 Å². The molecule has 2 aromatic heterocycles. The van der Waals surface area contributed by atoms with Crippen molar-refractivity contribution in [3.63, 3.8) is 0 Å². The number of rotatable bonds is 9. The molecule has 8 heteroatoms. The van der Waals surface area contributed by atoms with E-state index in [1.165, 1.54) is 0 Å². The van der Waals surface area contributed by atoms with Crippen LogP contribution in [0.15, 0.2) is 35.3 Å². The SMILES string of the molecule is CO[C@@H]1CC(c2cc(NC(C)C)c(=O)n([C@@H]3CC[C@H]3OC)c2)N(c2cccc(NC(C)C)n2)C1. The molecule has 1 saturated carbocycles. The molecule has 1 aliphatic carbocycles. The predicted octanol–water partition coefficient (Wildman–Crippen LogP) is 4.20. The molecule has 1 unspecified atom stereocenters. The first-order valence-electron chi connectivity index (χ1n) is 12.4. The van der Waals surface area contributed by atoms with E-state index in [-0.39, 0.29) is 35.9 Å². The number of hydrogen-bond donors (Lipinski definition) is 2. The maximum absolute atomic E-state index is 13.4. The maximum atomic E-state index is 13.4. The van der Waals surface area contributed by atoms with Crippen LogP contribution in [-0.2, 0) is 9.47 Å². The number of ether oxygens (including phenoxy) is 2. The lowest BCUT2D eigenvalue weighted by Crippen LogP contribution is -2.41. The molecule has 2 aromatic rings. The molecule has 1 aliphatic heterocycles. The molecule has 0 spiro atoms. The van der Waals surface area contributed by atoms with Crippen molar-refractivity contribution in [1.29, 1.82) is 0 Å². The minimum Gasteiger partial charge on any atom is -0.380 e. The quantitative estimate of drug-likeness (QED) is 0.570. The van der Waals surface area contributed by atoms with Gasteiger partial charge in [0.1, 0.15) is 17.3 Å². The van der Waals surface area contributed by atoms with Gasteiger partial charge in [-0.05, 0) is 70.7 Å². The summed E-state index contributed by atoms with van der Waals surface area (Å²) in [5.74, 6) is 1.77. The molecule has 1 saturated heterocycles. The highest BCUT2D eigenvalue weighted by atomic mass is 16.5. The summed E-state index contributed by atoms with van der Waals surface area (Å²) < 4.78 is 13.3. The van der Waals surface area contributed by atoms with Crippen molar-refractivity contribution >= 4 is 17.3 Å². The van der Waals surface area contributed by atoms with Crippen LogP contribution in [0.1, 0.15) is 64.6 Å². The lowest BCUT2D eigenvalue weighted by Gasteiger charge is -2.37. The van der Waals surface area contributed by atoms with E-state index in [0.717, 1.165) is 43.0 Å². The summed E-state index contributed by atoms with van der Waals surface area (Å²) >= 11 is 0. The second-order valence-electron chi connectivity index (χ2n) is 10.1. The van der Waals surface area contributed by atoms with Crippen LogP contribution in [0.4, 0.5) is 17.3 Å². The Labute approximate surface area is 202 Å². The second-order valence-corrected chi connectivity index (χ2v) is 10.1. The van der Waals surface area contributed by atoms with E-state index in [4.69, 9.17) is 14.5 Å². The normalized spacial score (nSPS) is 24.5. The van der Waals surface area contributed by atoms with Crippen LogP contribution in [0, 0.1) is 0 Å². The molecule has 2 N–H and O–H groups in total. The third-order valence-electron chi connectivity index (χ3n) is 6.79. The molecule has 0 radical (unpaired) electrons. The molecular weight excluding hydrogens is 430 g/mol. The number of pyridine rings is 2. The van der Waals surface area contributed by atoms with E-state index in [2.05, 4.69) is 43.2 Å². The monoisotopic (exact) mass is 469 g/mol. The van der Waals surface area contributed by atoms with E-state index < -0.39 is 0 Å². The highest BCUT2D eigenvalue weighted by Crippen LogP contribution is 2.39. The number of nitrogens with zero attached hydrogens (tertiary/aromatic N) is 3. The molecule has 3 heterocycles. The largest absolute Gasteiger partial charge is 0.380 e. The first-order chi connectivity index (χ1) is 16.3. The first kappa shape index (κ1) is 24.5. The Bertz CT molecular complexity index is 1040. The van der Waals surface area contributed by atoms with E-state index in [9.17, 15) is 4.79 Å².